The number of rotatable bonds is 7. The van der Waals surface area contributed by atoms with E-state index in [1.54, 1.807) is 4.68 Å². The molecule has 2 aromatic rings. The molecule has 28 heavy (non-hydrogen) atoms. The van der Waals surface area contributed by atoms with Crippen LogP contribution in [0.3, 0.4) is 0 Å². The van der Waals surface area contributed by atoms with Gasteiger partial charge in [0.15, 0.2) is 5.96 Å². The minimum atomic E-state index is 0. The Labute approximate surface area is 183 Å². The van der Waals surface area contributed by atoms with Gasteiger partial charge in [-0.2, -0.15) is 5.10 Å². The third-order valence-electron chi connectivity index (χ3n) is 4.88. The first-order valence-electron chi connectivity index (χ1n) is 9.92. The van der Waals surface area contributed by atoms with Gasteiger partial charge in [-0.25, -0.2) is 14.5 Å². The van der Waals surface area contributed by atoms with Gasteiger partial charge in [0, 0.05) is 32.6 Å². The molecule has 8 heteroatoms. The van der Waals surface area contributed by atoms with Crippen molar-refractivity contribution >= 4 is 29.9 Å². The lowest BCUT2D eigenvalue weighted by Gasteiger charge is -2.11. The van der Waals surface area contributed by atoms with E-state index in [-0.39, 0.29) is 29.7 Å². The molecule has 0 unspecified atom stereocenters. The predicted octanol–water partition coefficient (Wildman–Crippen LogP) is 2.45. The summed E-state index contributed by atoms with van der Waals surface area (Å²) in [5.74, 6) is 1.74. The smallest absolute Gasteiger partial charge is 0.345 e. The fraction of sp³-hybridized carbons (Fsp3) is 0.550. The summed E-state index contributed by atoms with van der Waals surface area (Å²) in [7, 11) is 0. The topological polar surface area (TPSA) is 76.2 Å². The summed E-state index contributed by atoms with van der Waals surface area (Å²) in [6.45, 7) is 7.80. The Balaban J connectivity index is 0.00000280. The minimum Gasteiger partial charge on any atom is -0.357 e. The van der Waals surface area contributed by atoms with Crippen molar-refractivity contribution in [2.45, 2.75) is 59.2 Å². The van der Waals surface area contributed by atoms with Gasteiger partial charge in [-0.05, 0) is 44.2 Å². The highest BCUT2D eigenvalue weighted by Gasteiger charge is 2.16. The molecule has 0 atom stereocenters. The molecule has 0 aliphatic carbocycles. The number of benzene rings is 1. The summed E-state index contributed by atoms with van der Waals surface area (Å²) in [5.41, 5.74) is 2.51. The van der Waals surface area contributed by atoms with E-state index in [4.69, 9.17) is 0 Å². The molecule has 1 aliphatic heterocycles. The van der Waals surface area contributed by atoms with Crippen molar-refractivity contribution in [2.24, 2.45) is 4.99 Å². The third kappa shape index (κ3) is 5.83. The number of hydrogen-bond acceptors (Lipinski definition) is 3. The molecule has 0 amide bonds. The van der Waals surface area contributed by atoms with Gasteiger partial charge >= 0.3 is 5.69 Å². The van der Waals surface area contributed by atoms with Crippen LogP contribution in [0.2, 0.25) is 0 Å². The van der Waals surface area contributed by atoms with Gasteiger partial charge < -0.3 is 10.6 Å². The normalized spacial score (nSPS) is 13.6. The van der Waals surface area contributed by atoms with Gasteiger partial charge in [-0.15, -0.1) is 24.0 Å². The standard InChI is InChI=1S/C20H30N6O.HI/c1-3-21-19(23-15-17-10-5-4-9-16(17)2)22-12-8-14-26-20(27)25-13-7-6-11-18(25)24-26;/h4-5,9-10H,3,6-8,11-15H2,1-2H3,(H2,21,22,23);1H. The van der Waals surface area contributed by atoms with Crippen LogP contribution in [0.15, 0.2) is 34.1 Å². The second kappa shape index (κ2) is 11.2. The molecule has 0 spiro atoms. The van der Waals surface area contributed by atoms with Crippen molar-refractivity contribution in [1.82, 2.24) is 25.0 Å². The molecule has 0 saturated heterocycles. The van der Waals surface area contributed by atoms with Crippen molar-refractivity contribution in [3.05, 3.63) is 51.7 Å². The Morgan fingerprint density at radius 1 is 1.25 bits per heavy atom. The van der Waals surface area contributed by atoms with Crippen molar-refractivity contribution in [2.75, 3.05) is 13.1 Å². The maximum Gasteiger partial charge on any atom is 0.345 e. The summed E-state index contributed by atoms with van der Waals surface area (Å²) in [4.78, 5) is 17.0. The Bertz CT molecular complexity index is 841. The SMILES string of the molecule is CCNC(=NCc1ccccc1C)NCCCn1nc2n(c1=O)CCCC2.I. The average molecular weight is 498 g/mol. The zero-order valence-electron chi connectivity index (χ0n) is 16.8. The number of aryl methyl sites for hydroxylation is 3. The molecular formula is C20H31IN6O. The first kappa shape index (κ1) is 22.4. The van der Waals surface area contributed by atoms with Gasteiger partial charge in [0.2, 0.25) is 0 Å². The number of fused-ring (bicyclic) bond motifs is 1. The van der Waals surface area contributed by atoms with Crippen LogP contribution >= 0.6 is 24.0 Å². The van der Waals surface area contributed by atoms with Gasteiger partial charge in [-0.1, -0.05) is 24.3 Å². The molecule has 0 radical (unpaired) electrons. The second-order valence-electron chi connectivity index (χ2n) is 6.93. The molecule has 2 N–H and O–H groups in total. The maximum atomic E-state index is 12.3. The van der Waals surface area contributed by atoms with Crippen LogP contribution in [0.4, 0.5) is 0 Å². The highest BCUT2D eigenvalue weighted by atomic mass is 127. The molecule has 1 aromatic heterocycles. The molecule has 0 saturated carbocycles. The van der Waals surface area contributed by atoms with Crippen molar-refractivity contribution < 1.29 is 0 Å². The number of aromatic nitrogens is 3. The molecule has 7 nitrogen and oxygen atoms in total. The van der Waals surface area contributed by atoms with E-state index in [0.717, 1.165) is 57.1 Å². The maximum absolute atomic E-state index is 12.3. The van der Waals surface area contributed by atoms with Crippen molar-refractivity contribution in [3.63, 3.8) is 0 Å². The van der Waals surface area contributed by atoms with Crippen LogP contribution in [0.1, 0.15) is 43.1 Å². The van der Waals surface area contributed by atoms with E-state index >= 15 is 0 Å². The summed E-state index contributed by atoms with van der Waals surface area (Å²) >= 11 is 0. The molecule has 1 aliphatic rings. The van der Waals surface area contributed by atoms with Crippen molar-refractivity contribution in [1.29, 1.82) is 0 Å². The highest BCUT2D eigenvalue weighted by molar-refractivity contribution is 14.0. The molecule has 0 fully saturated rings. The fourth-order valence-corrected chi connectivity index (χ4v) is 3.32. The first-order valence-corrected chi connectivity index (χ1v) is 9.92. The number of nitrogens with zero attached hydrogens (tertiary/aromatic N) is 4. The highest BCUT2D eigenvalue weighted by Crippen LogP contribution is 2.09. The zero-order valence-corrected chi connectivity index (χ0v) is 19.1. The summed E-state index contributed by atoms with van der Waals surface area (Å²) in [6, 6.07) is 8.30. The van der Waals surface area contributed by atoms with Gasteiger partial charge in [0.1, 0.15) is 5.82 Å². The number of halogens is 1. The number of guanidine groups is 1. The lowest BCUT2D eigenvalue weighted by atomic mass is 10.1. The van der Waals surface area contributed by atoms with Crippen molar-refractivity contribution in [3.8, 4) is 0 Å². The van der Waals surface area contributed by atoms with Gasteiger partial charge in [0.05, 0.1) is 6.54 Å². The lowest BCUT2D eigenvalue weighted by Crippen LogP contribution is -2.38. The summed E-state index contributed by atoms with van der Waals surface area (Å²) < 4.78 is 3.43. The van der Waals surface area contributed by atoms with Crippen LogP contribution in [-0.2, 0) is 26.1 Å². The molecule has 1 aromatic carbocycles. The van der Waals surface area contributed by atoms with Crippen LogP contribution in [0.5, 0.6) is 0 Å². The van der Waals surface area contributed by atoms with Crippen LogP contribution < -0.4 is 16.3 Å². The minimum absolute atomic E-state index is 0. The Hall–Kier alpha value is -1.84. The predicted molar refractivity (Wildman–Crippen MR) is 123 cm³/mol. The van der Waals surface area contributed by atoms with E-state index in [1.165, 1.54) is 11.1 Å². The number of nitrogens with one attached hydrogen (secondary N) is 2. The summed E-state index contributed by atoms with van der Waals surface area (Å²) in [5, 5.41) is 11.1. The molecular weight excluding hydrogens is 467 g/mol. The second-order valence-corrected chi connectivity index (χ2v) is 6.93. The quantitative estimate of drug-likeness (QED) is 0.266. The fourth-order valence-electron chi connectivity index (χ4n) is 3.32. The van der Waals surface area contributed by atoms with Crippen LogP contribution in [-0.4, -0.2) is 33.4 Å². The zero-order chi connectivity index (χ0) is 19.1. The Kier molecular flexibility index (Phi) is 9.01. The van der Waals surface area contributed by atoms with Gasteiger partial charge in [-0.3, -0.25) is 4.57 Å². The van der Waals surface area contributed by atoms with E-state index in [1.807, 2.05) is 16.7 Å². The average Bonchev–Trinajstić information content (AvgIpc) is 3.00. The number of aliphatic imine (C=N–C) groups is 1. The Morgan fingerprint density at radius 2 is 2.07 bits per heavy atom. The van der Waals surface area contributed by atoms with Crippen LogP contribution in [0.25, 0.3) is 0 Å². The molecule has 2 heterocycles. The van der Waals surface area contributed by atoms with E-state index in [9.17, 15) is 4.79 Å². The molecule has 0 bridgehead atoms. The molecule has 154 valence electrons. The summed E-state index contributed by atoms with van der Waals surface area (Å²) in [6.07, 6.45) is 3.94. The lowest BCUT2D eigenvalue weighted by molar-refractivity contribution is 0.509. The number of hydrogen-bond donors (Lipinski definition) is 2. The monoisotopic (exact) mass is 498 g/mol. The van der Waals surface area contributed by atoms with E-state index < -0.39 is 0 Å². The van der Waals surface area contributed by atoms with Gasteiger partial charge in [0.25, 0.3) is 0 Å². The van der Waals surface area contributed by atoms with E-state index in [0.29, 0.717) is 13.1 Å². The third-order valence-corrected chi connectivity index (χ3v) is 4.88. The van der Waals surface area contributed by atoms with Crippen LogP contribution in [0, 0.1) is 6.92 Å². The first-order chi connectivity index (χ1) is 13.2. The largest absolute Gasteiger partial charge is 0.357 e. The van der Waals surface area contributed by atoms with E-state index in [2.05, 4.69) is 46.7 Å². The Morgan fingerprint density at radius 3 is 2.82 bits per heavy atom. The molecule has 3 rings (SSSR count).